The maximum Gasteiger partial charge on any atom is 0.306 e. The Morgan fingerprint density at radius 2 is 1.88 bits per heavy atom. The van der Waals surface area contributed by atoms with Gasteiger partial charge in [0, 0.05) is 51.8 Å². The lowest BCUT2D eigenvalue weighted by molar-refractivity contribution is -0.154. The van der Waals surface area contributed by atoms with Crippen molar-refractivity contribution < 1.29 is 19.4 Å². The Kier molecular flexibility index (Phi) is 9.69. The number of carbonyl (C=O) groups is 1. The number of aliphatic hydroxyl groups is 1. The molecule has 1 aromatic carbocycles. The van der Waals surface area contributed by atoms with Crippen LogP contribution in [0, 0.1) is 5.92 Å². The number of esters is 1. The predicted octanol–water partition coefficient (Wildman–Crippen LogP) is 5.79. The zero-order chi connectivity index (χ0) is 24.6. The molecule has 0 aromatic heterocycles. The van der Waals surface area contributed by atoms with E-state index < -0.39 is 5.60 Å². The molecule has 1 N–H and O–H groups in total. The number of nitrogens with zero attached hydrogens (tertiary/aromatic N) is 2. The fourth-order valence-corrected chi connectivity index (χ4v) is 3.96. The first kappa shape index (κ1) is 26.6. The minimum absolute atomic E-state index is 0.00144. The van der Waals surface area contributed by atoms with Gasteiger partial charge in [0.05, 0.1) is 18.6 Å². The minimum atomic E-state index is -0.472. The number of allylic oxidation sites excluding steroid dienone is 1. The molecule has 1 aliphatic rings. The molecule has 0 unspecified atom stereocenters. The van der Waals surface area contributed by atoms with E-state index in [1.807, 2.05) is 40.9 Å². The van der Waals surface area contributed by atoms with Gasteiger partial charge in [-0.05, 0) is 82.7 Å². The molecule has 2 rings (SSSR count). The first-order valence-corrected chi connectivity index (χ1v) is 11.9. The molecule has 0 bridgehead atoms. The van der Waals surface area contributed by atoms with Gasteiger partial charge in [-0.2, -0.15) is 0 Å². The maximum absolute atomic E-state index is 12.0. The summed E-state index contributed by atoms with van der Waals surface area (Å²) < 4.78 is 11.6. The van der Waals surface area contributed by atoms with Gasteiger partial charge < -0.3 is 24.4 Å². The Hall–Kier alpha value is -2.63. The normalized spacial score (nSPS) is 14.6. The topological polar surface area (TPSA) is 62.2 Å². The van der Waals surface area contributed by atoms with Gasteiger partial charge in [-0.25, -0.2) is 0 Å². The predicted molar refractivity (Wildman–Crippen MR) is 136 cm³/mol. The molecule has 1 aromatic rings. The summed E-state index contributed by atoms with van der Waals surface area (Å²) in [4.78, 5) is 16.2. The first-order chi connectivity index (χ1) is 15.5. The van der Waals surface area contributed by atoms with E-state index in [1.54, 1.807) is 6.08 Å². The molecule has 1 saturated carbocycles. The molecule has 0 radical (unpaired) electrons. The van der Waals surface area contributed by atoms with Crippen LogP contribution in [-0.4, -0.2) is 56.4 Å². The van der Waals surface area contributed by atoms with Crippen LogP contribution in [0.25, 0.3) is 5.70 Å². The number of benzene rings is 1. The molecule has 0 aliphatic heterocycles. The summed E-state index contributed by atoms with van der Waals surface area (Å²) in [6, 6.07) is 6.35. The monoisotopic (exact) mass is 458 g/mol. The van der Waals surface area contributed by atoms with Crippen LogP contribution in [0.5, 0.6) is 5.75 Å². The van der Waals surface area contributed by atoms with Crippen LogP contribution >= 0.6 is 0 Å². The van der Waals surface area contributed by atoms with Gasteiger partial charge in [0.15, 0.2) is 0 Å². The first-order valence-electron chi connectivity index (χ1n) is 11.9. The van der Waals surface area contributed by atoms with Crippen LogP contribution in [0.4, 0.5) is 5.69 Å². The highest BCUT2D eigenvalue weighted by atomic mass is 16.6. The van der Waals surface area contributed by atoms with Crippen molar-refractivity contribution in [2.24, 2.45) is 5.92 Å². The van der Waals surface area contributed by atoms with Gasteiger partial charge >= 0.3 is 5.97 Å². The molecule has 184 valence electrons. The summed E-state index contributed by atoms with van der Waals surface area (Å²) in [6.07, 6.45) is 8.14. The lowest BCUT2D eigenvalue weighted by Gasteiger charge is -2.29. The third-order valence-electron chi connectivity index (χ3n) is 5.64. The Morgan fingerprint density at radius 1 is 1.18 bits per heavy atom. The van der Waals surface area contributed by atoms with E-state index in [1.165, 1.54) is 36.1 Å². The maximum atomic E-state index is 12.0. The molecule has 33 heavy (non-hydrogen) atoms. The molecule has 1 fully saturated rings. The van der Waals surface area contributed by atoms with Gasteiger partial charge in [-0.3, -0.25) is 4.79 Å². The summed E-state index contributed by atoms with van der Waals surface area (Å²) in [5.41, 5.74) is 4.57. The van der Waals surface area contributed by atoms with Crippen LogP contribution in [0.15, 0.2) is 36.1 Å². The molecule has 6 nitrogen and oxygen atoms in total. The number of ether oxygens (including phenoxy) is 2. The Balaban J connectivity index is 2.06. The van der Waals surface area contributed by atoms with Crippen molar-refractivity contribution >= 4 is 17.4 Å². The second-order valence-electron chi connectivity index (χ2n) is 10.2. The van der Waals surface area contributed by atoms with Gasteiger partial charge in [0.25, 0.3) is 0 Å². The molecule has 1 aliphatic carbocycles. The molecular formula is C27H42N2O4. The van der Waals surface area contributed by atoms with Crippen molar-refractivity contribution in [2.45, 2.75) is 64.9 Å². The molecule has 1 atom stereocenters. The minimum Gasteiger partial charge on any atom is -0.516 e. The second-order valence-corrected chi connectivity index (χ2v) is 10.2. The van der Waals surface area contributed by atoms with E-state index in [4.69, 9.17) is 9.47 Å². The third-order valence-corrected chi connectivity index (χ3v) is 5.64. The van der Waals surface area contributed by atoms with Crippen molar-refractivity contribution in [3.05, 3.63) is 41.7 Å². The number of hydrogen-bond acceptors (Lipinski definition) is 6. The number of carbonyl (C=O) groups excluding carboxylic acids is 1. The van der Waals surface area contributed by atoms with E-state index in [9.17, 15) is 9.90 Å². The van der Waals surface area contributed by atoms with E-state index >= 15 is 0 Å². The van der Waals surface area contributed by atoms with Crippen LogP contribution < -0.4 is 9.64 Å². The largest absolute Gasteiger partial charge is 0.516 e. The SMILES string of the molecule is CN(C)C(=C1CCC1)c1ccc(OC[C@@H](/C=C\O)CCCC(=O)OC(C)(C)C)c(N(C)C)c1. The third kappa shape index (κ3) is 8.34. The number of rotatable bonds is 11. The van der Waals surface area contributed by atoms with Crippen molar-refractivity contribution in [1.29, 1.82) is 0 Å². The number of aliphatic hydroxyl groups excluding tert-OH is 1. The summed E-state index contributed by atoms with van der Waals surface area (Å²) >= 11 is 0. The lowest BCUT2D eigenvalue weighted by atomic mass is 9.88. The van der Waals surface area contributed by atoms with Gasteiger partial charge in [0.1, 0.15) is 11.4 Å². The van der Waals surface area contributed by atoms with E-state index in [0.717, 1.165) is 24.1 Å². The van der Waals surface area contributed by atoms with E-state index in [2.05, 4.69) is 36.0 Å². The number of anilines is 1. The fourth-order valence-electron chi connectivity index (χ4n) is 3.96. The zero-order valence-electron chi connectivity index (χ0n) is 21.5. The van der Waals surface area contributed by atoms with Crippen LogP contribution in [-0.2, 0) is 9.53 Å². The van der Waals surface area contributed by atoms with Crippen molar-refractivity contribution in [3.8, 4) is 5.75 Å². The van der Waals surface area contributed by atoms with E-state index in [0.29, 0.717) is 19.4 Å². The van der Waals surface area contributed by atoms with Gasteiger partial charge in [-0.15, -0.1) is 0 Å². The highest BCUT2D eigenvalue weighted by Crippen LogP contribution is 2.38. The van der Waals surface area contributed by atoms with Crippen LogP contribution in [0.2, 0.25) is 0 Å². The average Bonchev–Trinajstić information content (AvgIpc) is 2.67. The van der Waals surface area contributed by atoms with Gasteiger partial charge in [0.2, 0.25) is 0 Å². The summed E-state index contributed by atoms with van der Waals surface area (Å²) in [7, 11) is 8.24. The van der Waals surface area contributed by atoms with Crippen molar-refractivity contribution in [3.63, 3.8) is 0 Å². The quantitative estimate of drug-likeness (QED) is 0.335. The van der Waals surface area contributed by atoms with Crippen LogP contribution in [0.1, 0.15) is 64.9 Å². The highest BCUT2D eigenvalue weighted by molar-refractivity contribution is 5.73. The Bertz CT molecular complexity index is 844. The number of hydrogen-bond donors (Lipinski definition) is 1. The van der Waals surface area contributed by atoms with Crippen LogP contribution in [0.3, 0.4) is 0 Å². The molecule has 0 heterocycles. The molecular weight excluding hydrogens is 416 g/mol. The summed E-state index contributed by atoms with van der Waals surface area (Å²) in [5.74, 6) is 0.614. The van der Waals surface area contributed by atoms with Gasteiger partial charge in [-0.1, -0.05) is 0 Å². The van der Waals surface area contributed by atoms with Crippen molar-refractivity contribution in [2.75, 3.05) is 39.7 Å². The molecule has 6 heteroatoms. The Morgan fingerprint density at radius 3 is 2.39 bits per heavy atom. The fraction of sp³-hybridized carbons (Fsp3) is 0.593. The zero-order valence-corrected chi connectivity index (χ0v) is 21.5. The molecule has 0 spiro atoms. The van der Waals surface area contributed by atoms with Crippen molar-refractivity contribution in [1.82, 2.24) is 4.90 Å². The average molecular weight is 459 g/mol. The summed E-state index contributed by atoms with van der Waals surface area (Å²) in [5, 5.41) is 9.32. The highest BCUT2D eigenvalue weighted by Gasteiger charge is 2.20. The lowest BCUT2D eigenvalue weighted by Crippen LogP contribution is -2.23. The van der Waals surface area contributed by atoms with E-state index in [-0.39, 0.29) is 11.9 Å². The smallest absolute Gasteiger partial charge is 0.306 e. The molecule has 0 saturated heterocycles. The second kappa shape index (κ2) is 12.0. The Labute approximate surface area is 199 Å². The summed E-state index contributed by atoms with van der Waals surface area (Å²) in [6.45, 7) is 6.03. The standard InChI is InChI=1S/C27H42N2O4/c1-27(2,3)33-25(31)13-8-10-20(16-17-30)19-32-24-15-14-22(18-23(24)28(4)5)26(29(6)7)21-11-9-12-21/h14-18,20,30H,8-13,19H2,1-7H3/b17-16-/t20-/m1/s1. The molecule has 0 amide bonds.